The lowest BCUT2D eigenvalue weighted by Crippen LogP contribution is -2.49. The predicted molar refractivity (Wildman–Crippen MR) is 171 cm³/mol. The van der Waals surface area contributed by atoms with E-state index in [1.54, 1.807) is 50.6 Å². The molecule has 0 radical (unpaired) electrons. The molecular weight excluding hydrogens is 606 g/mol. The molecule has 3 heterocycles. The molecular formula is C35H34F2N6O4. The summed E-state index contributed by atoms with van der Waals surface area (Å²) in [5, 5.41) is 2.84. The summed E-state index contributed by atoms with van der Waals surface area (Å²) >= 11 is 0. The lowest BCUT2D eigenvalue weighted by atomic mass is 9.91. The van der Waals surface area contributed by atoms with Gasteiger partial charge < -0.3 is 29.4 Å². The fraction of sp³-hybridized carbons (Fsp3) is 0.257. The SMILES string of the molecule is COCCNC(=O)C1(C)COC(c2nc(-c3ccc(F)cc3)c(-c3ccnc(N(Cc4ccccc4)c4ccc(F)cc4)n3)[nH]2)OC1. The summed E-state index contributed by atoms with van der Waals surface area (Å²) in [4.78, 5) is 32.3. The number of halogens is 2. The monoisotopic (exact) mass is 640 g/mol. The van der Waals surface area contributed by atoms with Crippen LogP contribution in [0, 0.1) is 17.0 Å². The van der Waals surface area contributed by atoms with E-state index < -0.39 is 11.7 Å². The molecule has 1 fully saturated rings. The van der Waals surface area contributed by atoms with Crippen molar-refractivity contribution in [3.63, 3.8) is 0 Å². The minimum absolute atomic E-state index is 0.0994. The number of hydrogen-bond donors (Lipinski definition) is 2. The Hall–Kier alpha value is -5.04. The van der Waals surface area contributed by atoms with E-state index >= 15 is 0 Å². The van der Waals surface area contributed by atoms with Gasteiger partial charge in [0.05, 0.1) is 48.9 Å². The number of imidazole rings is 1. The molecule has 0 spiro atoms. The maximum atomic E-state index is 13.9. The topological polar surface area (TPSA) is 114 Å². The Labute approximate surface area is 270 Å². The van der Waals surface area contributed by atoms with Gasteiger partial charge in [-0.15, -0.1) is 0 Å². The highest BCUT2D eigenvalue weighted by Gasteiger charge is 2.40. The normalized spacial score (nSPS) is 17.7. The summed E-state index contributed by atoms with van der Waals surface area (Å²) in [6, 6.07) is 23.7. The third-order valence-electron chi connectivity index (χ3n) is 7.77. The number of methoxy groups -OCH3 is 1. The van der Waals surface area contributed by atoms with E-state index in [9.17, 15) is 13.6 Å². The average Bonchev–Trinajstić information content (AvgIpc) is 3.54. The Bertz CT molecular complexity index is 1790. The van der Waals surface area contributed by atoms with Crippen molar-refractivity contribution in [3.05, 3.63) is 114 Å². The number of aromatic amines is 1. The number of carbonyl (C=O) groups is 1. The van der Waals surface area contributed by atoms with Gasteiger partial charge in [-0.05, 0) is 67.1 Å². The van der Waals surface area contributed by atoms with E-state index in [1.807, 2.05) is 35.2 Å². The van der Waals surface area contributed by atoms with Gasteiger partial charge in [0.2, 0.25) is 18.1 Å². The third-order valence-corrected chi connectivity index (χ3v) is 7.77. The maximum Gasteiger partial charge on any atom is 0.230 e. The molecule has 1 aliphatic rings. The second-order valence-electron chi connectivity index (χ2n) is 11.4. The molecule has 3 aromatic carbocycles. The van der Waals surface area contributed by atoms with E-state index in [1.165, 1.54) is 24.3 Å². The maximum absolute atomic E-state index is 13.9. The summed E-state index contributed by atoms with van der Waals surface area (Å²) < 4.78 is 44.8. The van der Waals surface area contributed by atoms with Crippen molar-refractivity contribution < 1.29 is 27.8 Å². The number of nitrogens with zero attached hydrogens (tertiary/aromatic N) is 4. The molecule has 2 aromatic heterocycles. The number of hydrogen-bond acceptors (Lipinski definition) is 8. The molecule has 242 valence electrons. The smallest absolute Gasteiger partial charge is 0.230 e. The first-order chi connectivity index (χ1) is 22.8. The second-order valence-corrected chi connectivity index (χ2v) is 11.4. The number of amides is 1. The van der Waals surface area contributed by atoms with Crippen molar-refractivity contribution in [3.8, 4) is 22.6 Å². The van der Waals surface area contributed by atoms with Crippen LogP contribution in [-0.2, 0) is 25.5 Å². The van der Waals surface area contributed by atoms with Crippen LogP contribution in [0.1, 0.15) is 24.6 Å². The minimum Gasteiger partial charge on any atom is -0.383 e. The van der Waals surface area contributed by atoms with Crippen LogP contribution in [-0.4, -0.2) is 59.3 Å². The standard InChI is InChI=1S/C35H34F2N6O4/c1-35(33(44)38-18-19-45-2)21-46-32(47-22-35)31-41-29(24-8-10-25(36)11-9-24)30(42-31)28-16-17-39-34(40-28)43(20-23-6-4-3-5-7-23)27-14-12-26(37)13-15-27/h3-17,32H,18-22H2,1-2H3,(H,38,44)(H,41,42). The highest BCUT2D eigenvalue weighted by Crippen LogP contribution is 2.36. The quantitative estimate of drug-likeness (QED) is 0.170. The molecule has 5 aromatic rings. The molecule has 1 saturated heterocycles. The molecule has 0 unspecified atom stereocenters. The lowest BCUT2D eigenvalue weighted by Gasteiger charge is -2.35. The molecule has 1 aliphatic heterocycles. The van der Waals surface area contributed by atoms with Crippen molar-refractivity contribution in [2.75, 3.05) is 38.4 Å². The molecule has 0 saturated carbocycles. The molecule has 0 aliphatic carbocycles. The van der Waals surface area contributed by atoms with Gasteiger partial charge in [0.1, 0.15) is 11.6 Å². The zero-order valence-corrected chi connectivity index (χ0v) is 26.0. The molecule has 2 N–H and O–H groups in total. The van der Waals surface area contributed by atoms with E-state index in [-0.39, 0.29) is 30.8 Å². The van der Waals surface area contributed by atoms with Crippen LogP contribution < -0.4 is 10.2 Å². The van der Waals surface area contributed by atoms with Gasteiger partial charge in [-0.1, -0.05) is 30.3 Å². The average molecular weight is 641 g/mol. The zero-order chi connectivity index (χ0) is 32.8. The molecule has 1 amide bonds. The van der Waals surface area contributed by atoms with Gasteiger partial charge >= 0.3 is 0 Å². The van der Waals surface area contributed by atoms with Crippen molar-refractivity contribution in [2.45, 2.75) is 19.8 Å². The van der Waals surface area contributed by atoms with Crippen molar-refractivity contribution in [2.24, 2.45) is 5.41 Å². The number of nitrogens with one attached hydrogen (secondary N) is 2. The van der Waals surface area contributed by atoms with E-state index in [0.717, 1.165) is 5.56 Å². The Balaban J connectivity index is 1.34. The zero-order valence-electron chi connectivity index (χ0n) is 26.0. The van der Waals surface area contributed by atoms with Crippen LogP contribution in [0.15, 0.2) is 91.1 Å². The highest BCUT2D eigenvalue weighted by molar-refractivity contribution is 5.82. The van der Waals surface area contributed by atoms with Gasteiger partial charge in [-0.3, -0.25) is 4.79 Å². The van der Waals surface area contributed by atoms with Gasteiger partial charge in [0.25, 0.3) is 0 Å². The van der Waals surface area contributed by atoms with Crippen LogP contribution in [0.5, 0.6) is 0 Å². The van der Waals surface area contributed by atoms with Gasteiger partial charge in [-0.25, -0.2) is 23.7 Å². The fourth-order valence-electron chi connectivity index (χ4n) is 5.17. The number of aromatic nitrogens is 4. The summed E-state index contributed by atoms with van der Waals surface area (Å²) in [5.41, 5.74) is 2.99. The minimum atomic E-state index is -0.899. The number of rotatable bonds is 11. The van der Waals surface area contributed by atoms with Crippen molar-refractivity contribution in [1.29, 1.82) is 0 Å². The number of benzene rings is 3. The number of anilines is 2. The molecule has 10 nitrogen and oxygen atoms in total. The summed E-state index contributed by atoms with van der Waals surface area (Å²) in [7, 11) is 1.57. The lowest BCUT2D eigenvalue weighted by molar-refractivity contribution is -0.231. The van der Waals surface area contributed by atoms with Crippen LogP contribution in [0.3, 0.4) is 0 Å². The van der Waals surface area contributed by atoms with Crippen LogP contribution in [0.2, 0.25) is 0 Å². The van der Waals surface area contributed by atoms with E-state index in [2.05, 4.69) is 15.3 Å². The summed E-state index contributed by atoms with van der Waals surface area (Å²) in [6.45, 7) is 3.17. The number of H-pyrrole nitrogens is 1. The van der Waals surface area contributed by atoms with Crippen molar-refractivity contribution in [1.82, 2.24) is 25.3 Å². The third kappa shape index (κ3) is 7.35. The summed E-state index contributed by atoms with van der Waals surface area (Å²) in [5.74, 6) is -0.195. The molecule has 47 heavy (non-hydrogen) atoms. The van der Waals surface area contributed by atoms with Gasteiger partial charge in [0.15, 0.2) is 5.82 Å². The predicted octanol–water partition coefficient (Wildman–Crippen LogP) is 5.96. The van der Waals surface area contributed by atoms with Crippen LogP contribution in [0.4, 0.5) is 20.4 Å². The van der Waals surface area contributed by atoms with Gasteiger partial charge in [0, 0.05) is 31.1 Å². The largest absolute Gasteiger partial charge is 0.383 e. The van der Waals surface area contributed by atoms with Crippen LogP contribution >= 0.6 is 0 Å². The second kappa shape index (κ2) is 14.2. The molecule has 0 bridgehead atoms. The Morgan fingerprint density at radius 2 is 1.66 bits per heavy atom. The number of ether oxygens (including phenoxy) is 3. The Morgan fingerprint density at radius 3 is 2.34 bits per heavy atom. The first kappa shape index (κ1) is 31.9. The summed E-state index contributed by atoms with van der Waals surface area (Å²) in [6.07, 6.45) is 0.743. The fourth-order valence-corrected chi connectivity index (χ4v) is 5.17. The van der Waals surface area contributed by atoms with E-state index in [4.69, 9.17) is 24.2 Å². The molecule has 6 rings (SSSR count). The number of carbonyl (C=O) groups excluding carboxylic acids is 1. The van der Waals surface area contributed by atoms with Crippen molar-refractivity contribution >= 4 is 17.5 Å². The Morgan fingerprint density at radius 1 is 0.979 bits per heavy atom. The van der Waals surface area contributed by atoms with Gasteiger partial charge in [-0.2, -0.15) is 0 Å². The molecule has 0 atom stereocenters. The first-order valence-electron chi connectivity index (χ1n) is 15.1. The van der Waals surface area contributed by atoms with E-state index in [0.29, 0.717) is 59.8 Å². The first-order valence-corrected chi connectivity index (χ1v) is 15.1. The Kier molecular flexibility index (Phi) is 9.62. The van der Waals surface area contributed by atoms with Crippen LogP contribution in [0.25, 0.3) is 22.6 Å². The highest BCUT2D eigenvalue weighted by atomic mass is 19.1. The molecule has 12 heteroatoms.